The van der Waals surface area contributed by atoms with Gasteiger partial charge in [0, 0.05) is 25.8 Å². The molecule has 3 aromatic carbocycles. The van der Waals surface area contributed by atoms with Gasteiger partial charge in [-0.3, -0.25) is 0 Å². The van der Waals surface area contributed by atoms with Crippen molar-refractivity contribution in [1.29, 1.82) is 0 Å². The molecule has 0 nitrogen and oxygen atoms in total. The Labute approximate surface area is 196 Å². The van der Waals surface area contributed by atoms with Gasteiger partial charge in [0.2, 0.25) is 0 Å². The summed E-state index contributed by atoms with van der Waals surface area (Å²) in [6, 6.07) is 19.4. The Balaban J connectivity index is -0.000000233. The average Bonchev–Trinajstić information content (AvgIpc) is 3.27. The van der Waals surface area contributed by atoms with Crippen molar-refractivity contribution in [1.82, 2.24) is 0 Å². The topological polar surface area (TPSA) is 0 Å². The number of hydrogen-bond acceptors (Lipinski definition) is 0. The van der Waals surface area contributed by atoms with Crippen LogP contribution < -0.4 is 0 Å². The maximum Gasteiger partial charge on any atom is 0 e. The van der Waals surface area contributed by atoms with E-state index in [9.17, 15) is 0 Å². The van der Waals surface area contributed by atoms with E-state index < -0.39 is 0 Å². The molecule has 0 aromatic heterocycles. The van der Waals surface area contributed by atoms with Crippen LogP contribution in [0.25, 0.3) is 10.8 Å². The van der Waals surface area contributed by atoms with Crippen molar-refractivity contribution in [2.45, 2.75) is 46.5 Å². The second-order valence-electron chi connectivity index (χ2n) is 6.75. The fourth-order valence-electron chi connectivity index (χ4n) is 3.76. The largest absolute Gasteiger partial charge is 0.358 e. The maximum atomic E-state index is 2.45. The van der Waals surface area contributed by atoms with Crippen LogP contribution in [0, 0.1) is 49.5 Å². The quantitative estimate of drug-likeness (QED) is 0.225. The van der Waals surface area contributed by atoms with Crippen molar-refractivity contribution < 1.29 is 25.8 Å². The predicted octanol–water partition coefficient (Wildman–Crippen LogP) is 8.43. The summed E-state index contributed by atoms with van der Waals surface area (Å²) in [5.41, 5.74) is 5.19. The van der Waals surface area contributed by atoms with Crippen molar-refractivity contribution in [3.8, 4) is 0 Å². The van der Waals surface area contributed by atoms with Crippen LogP contribution in [0.15, 0.2) is 54.6 Å². The van der Waals surface area contributed by atoms with Crippen LogP contribution >= 0.6 is 0 Å². The molecule has 4 rings (SSSR count). The second kappa shape index (κ2) is 15.0. The number of hydrogen-bond donors (Lipinski definition) is 0. The SMILES string of the molecule is CCC1(CC)Cc2cc3cc[c-](C)c3cc2C1.[CH3-].[CH3-].[CH3-].[CH3-].[CH3-].[Hf].c1cc[cH-]c1. The Kier molecular flexibility index (Phi) is 18.5. The predicted molar refractivity (Wildman–Crippen MR) is 129 cm³/mol. The van der Waals surface area contributed by atoms with Gasteiger partial charge < -0.3 is 37.1 Å². The summed E-state index contributed by atoms with van der Waals surface area (Å²) in [5.74, 6) is 0. The minimum atomic E-state index is 0. The molecular weight excluding hydrogens is 503 g/mol. The molecule has 0 fully saturated rings. The average molecular weight is 544 g/mol. The van der Waals surface area contributed by atoms with Gasteiger partial charge in [-0.25, -0.2) is 12.1 Å². The van der Waals surface area contributed by atoms with Gasteiger partial charge in [-0.05, 0) is 31.1 Å². The number of aryl methyl sites for hydroxylation is 1. The third-order valence-corrected chi connectivity index (χ3v) is 5.50. The normalized spacial score (nSPS) is 12.1. The standard InChI is InChI=1S/C17H21.C5H5.5CH3.Hf/c1-4-17(5-2)10-14-8-13-7-6-12(3)16(13)9-15(14)11-17;1-2-4-5-3-1;;;;;;/h6-9H,4-5,10-11H2,1-3H3;1-5H;5*1H3;/q7*-1;. The molecule has 0 unspecified atom stereocenters. The minimum Gasteiger partial charge on any atom is -0.358 e. The Morgan fingerprint density at radius 2 is 1.39 bits per heavy atom. The molecule has 28 heavy (non-hydrogen) atoms. The molecule has 0 heterocycles. The third-order valence-electron chi connectivity index (χ3n) is 5.50. The molecule has 0 aliphatic heterocycles. The molecule has 0 N–H and O–H groups in total. The van der Waals surface area contributed by atoms with E-state index in [-0.39, 0.29) is 63.0 Å². The van der Waals surface area contributed by atoms with Gasteiger partial charge in [-0.2, -0.15) is 30.3 Å². The van der Waals surface area contributed by atoms with Crippen LogP contribution in [0.4, 0.5) is 0 Å². The molecular formula is C27H41Hf-7. The summed E-state index contributed by atoms with van der Waals surface area (Å²) in [5, 5.41) is 2.90. The van der Waals surface area contributed by atoms with Crippen molar-refractivity contribution in [3.63, 3.8) is 0 Å². The summed E-state index contributed by atoms with van der Waals surface area (Å²) in [6.45, 7) is 6.91. The van der Waals surface area contributed by atoms with E-state index in [1.54, 1.807) is 11.1 Å². The van der Waals surface area contributed by atoms with Crippen LogP contribution in [-0.4, -0.2) is 0 Å². The zero-order chi connectivity index (χ0) is 15.6. The van der Waals surface area contributed by atoms with Crippen LogP contribution in [0.2, 0.25) is 0 Å². The fraction of sp³-hybridized carbons (Fsp3) is 0.296. The van der Waals surface area contributed by atoms with Gasteiger partial charge in [-0.1, -0.05) is 31.9 Å². The van der Waals surface area contributed by atoms with Crippen LogP contribution in [-0.2, 0) is 38.7 Å². The molecule has 0 spiro atoms. The van der Waals surface area contributed by atoms with Crippen molar-refractivity contribution in [2.75, 3.05) is 0 Å². The van der Waals surface area contributed by atoms with Crippen molar-refractivity contribution >= 4 is 10.8 Å². The van der Waals surface area contributed by atoms with E-state index in [0.717, 1.165) is 0 Å². The van der Waals surface area contributed by atoms with Gasteiger partial charge in [0.05, 0.1) is 0 Å². The zero-order valence-corrected chi connectivity index (χ0v) is 23.1. The molecule has 1 aliphatic carbocycles. The van der Waals surface area contributed by atoms with E-state index in [1.807, 2.05) is 30.3 Å². The summed E-state index contributed by atoms with van der Waals surface area (Å²) in [4.78, 5) is 0. The first-order chi connectivity index (χ1) is 10.7. The number of fused-ring (bicyclic) bond motifs is 2. The first kappa shape index (κ1) is 34.5. The van der Waals surface area contributed by atoms with Gasteiger partial charge in [0.25, 0.3) is 0 Å². The van der Waals surface area contributed by atoms with E-state index in [4.69, 9.17) is 0 Å². The fourth-order valence-corrected chi connectivity index (χ4v) is 3.76. The molecule has 0 radical (unpaired) electrons. The molecule has 0 saturated heterocycles. The second-order valence-corrected chi connectivity index (χ2v) is 6.75. The van der Waals surface area contributed by atoms with Gasteiger partial charge in [0.1, 0.15) is 0 Å². The monoisotopic (exact) mass is 545 g/mol. The Hall–Kier alpha value is -0.950. The van der Waals surface area contributed by atoms with Crippen molar-refractivity contribution in [3.05, 3.63) is 108 Å². The Bertz CT molecular complexity index is 710. The molecule has 0 bridgehead atoms. The summed E-state index contributed by atoms with van der Waals surface area (Å²) < 4.78 is 0. The van der Waals surface area contributed by atoms with Gasteiger partial charge >= 0.3 is 0 Å². The van der Waals surface area contributed by atoms with E-state index in [1.165, 1.54) is 42.0 Å². The van der Waals surface area contributed by atoms with Crippen LogP contribution in [0.5, 0.6) is 0 Å². The first-order valence-corrected chi connectivity index (χ1v) is 8.52. The van der Waals surface area contributed by atoms with E-state index in [2.05, 4.69) is 45.0 Å². The summed E-state index contributed by atoms with van der Waals surface area (Å²) in [7, 11) is 0. The molecule has 160 valence electrons. The third kappa shape index (κ3) is 7.14. The molecule has 1 aliphatic rings. The molecule has 0 saturated carbocycles. The van der Waals surface area contributed by atoms with Crippen LogP contribution in [0.1, 0.15) is 43.4 Å². The van der Waals surface area contributed by atoms with Gasteiger partial charge in [0.15, 0.2) is 0 Å². The molecule has 3 aromatic rings. The molecule has 0 atom stereocenters. The minimum absolute atomic E-state index is 0. The molecule has 1 heteroatoms. The van der Waals surface area contributed by atoms with E-state index >= 15 is 0 Å². The van der Waals surface area contributed by atoms with Crippen molar-refractivity contribution in [2.24, 2.45) is 5.41 Å². The number of benzene rings is 1. The van der Waals surface area contributed by atoms with E-state index in [0.29, 0.717) is 5.41 Å². The summed E-state index contributed by atoms with van der Waals surface area (Å²) in [6.07, 6.45) is 5.19. The molecule has 0 amide bonds. The summed E-state index contributed by atoms with van der Waals surface area (Å²) >= 11 is 0. The number of rotatable bonds is 2. The maximum absolute atomic E-state index is 2.45. The van der Waals surface area contributed by atoms with Gasteiger partial charge in [-0.15, -0.1) is 28.5 Å². The Morgan fingerprint density at radius 1 is 0.893 bits per heavy atom. The zero-order valence-electron chi connectivity index (χ0n) is 19.5. The Morgan fingerprint density at radius 3 is 1.82 bits per heavy atom. The van der Waals surface area contributed by atoms with Crippen LogP contribution in [0.3, 0.4) is 0 Å². The smallest absolute Gasteiger partial charge is 0 e. The first-order valence-electron chi connectivity index (χ1n) is 8.52.